The summed E-state index contributed by atoms with van der Waals surface area (Å²) >= 11 is 0. The summed E-state index contributed by atoms with van der Waals surface area (Å²) in [5, 5.41) is 4.23. The van der Waals surface area contributed by atoms with E-state index < -0.39 is 0 Å². The summed E-state index contributed by atoms with van der Waals surface area (Å²) in [5.74, 6) is 2.62. The Morgan fingerprint density at radius 1 is 1.12 bits per heavy atom. The minimum absolute atomic E-state index is 0.0668. The first-order chi connectivity index (χ1) is 12.7. The summed E-state index contributed by atoms with van der Waals surface area (Å²) in [7, 11) is 0. The van der Waals surface area contributed by atoms with Crippen molar-refractivity contribution in [2.75, 3.05) is 31.1 Å². The topological polar surface area (TPSA) is 67.2 Å². The van der Waals surface area contributed by atoms with E-state index >= 15 is 0 Å². The highest BCUT2D eigenvalue weighted by Crippen LogP contribution is 2.26. The van der Waals surface area contributed by atoms with Crippen molar-refractivity contribution in [1.82, 2.24) is 24.6 Å². The fourth-order valence-corrected chi connectivity index (χ4v) is 4.07. The zero-order chi connectivity index (χ0) is 17.9. The average Bonchev–Trinajstić information content (AvgIpc) is 3.22. The van der Waals surface area contributed by atoms with Gasteiger partial charge in [-0.05, 0) is 37.7 Å². The lowest BCUT2D eigenvalue weighted by Gasteiger charge is -2.38. The Bertz CT molecular complexity index is 746. The Morgan fingerprint density at radius 3 is 2.77 bits per heavy atom. The van der Waals surface area contributed by atoms with E-state index in [2.05, 4.69) is 31.8 Å². The number of hydrogen-bond acceptors (Lipinski definition) is 5. The van der Waals surface area contributed by atoms with Gasteiger partial charge < -0.3 is 9.80 Å². The third-order valence-corrected chi connectivity index (χ3v) is 5.44. The summed E-state index contributed by atoms with van der Waals surface area (Å²) in [6, 6.07) is 3.82. The van der Waals surface area contributed by atoms with Gasteiger partial charge in [-0.25, -0.2) is 14.6 Å². The van der Waals surface area contributed by atoms with Crippen LogP contribution in [-0.4, -0.2) is 56.7 Å². The molecule has 26 heavy (non-hydrogen) atoms. The van der Waals surface area contributed by atoms with E-state index in [9.17, 15) is 4.79 Å². The van der Waals surface area contributed by atoms with Gasteiger partial charge >= 0.3 is 0 Å². The molecular formula is C19H26N6O. The van der Waals surface area contributed by atoms with E-state index in [-0.39, 0.29) is 5.92 Å². The van der Waals surface area contributed by atoms with Crippen LogP contribution < -0.4 is 4.90 Å². The third-order valence-electron chi connectivity index (χ3n) is 5.44. The van der Waals surface area contributed by atoms with E-state index in [1.165, 1.54) is 6.42 Å². The predicted octanol–water partition coefficient (Wildman–Crippen LogP) is 2.14. The Kier molecular flexibility index (Phi) is 4.86. The van der Waals surface area contributed by atoms with Crippen LogP contribution in [0.3, 0.4) is 0 Å². The highest BCUT2D eigenvalue weighted by Gasteiger charge is 2.31. The highest BCUT2D eigenvalue weighted by molar-refractivity contribution is 5.80. The maximum absolute atomic E-state index is 13.0. The monoisotopic (exact) mass is 354 g/mol. The molecule has 7 heteroatoms. The molecule has 0 aromatic carbocycles. The van der Waals surface area contributed by atoms with Crippen LogP contribution in [0, 0.1) is 11.8 Å². The summed E-state index contributed by atoms with van der Waals surface area (Å²) in [5.41, 5.74) is 0. The number of carbonyl (C=O) groups excluding carboxylic acids is 1. The molecule has 4 heterocycles. The van der Waals surface area contributed by atoms with Gasteiger partial charge in [0, 0.05) is 44.6 Å². The van der Waals surface area contributed by atoms with Crippen LogP contribution in [0.1, 0.15) is 32.6 Å². The smallest absolute Gasteiger partial charge is 0.227 e. The first-order valence-corrected chi connectivity index (χ1v) is 9.56. The molecular weight excluding hydrogens is 328 g/mol. The van der Waals surface area contributed by atoms with Crippen molar-refractivity contribution in [3.8, 4) is 5.82 Å². The van der Waals surface area contributed by atoms with Crippen LogP contribution in [0.2, 0.25) is 0 Å². The van der Waals surface area contributed by atoms with Gasteiger partial charge in [0.25, 0.3) is 0 Å². The molecule has 4 rings (SSSR count). The minimum atomic E-state index is 0.0668. The van der Waals surface area contributed by atoms with Gasteiger partial charge in [-0.15, -0.1) is 0 Å². The molecule has 2 aromatic rings. The molecule has 2 fully saturated rings. The summed E-state index contributed by atoms with van der Waals surface area (Å²) in [4.78, 5) is 26.0. The molecule has 138 valence electrons. The van der Waals surface area contributed by atoms with Gasteiger partial charge in [-0.1, -0.05) is 6.92 Å². The lowest BCUT2D eigenvalue weighted by atomic mass is 9.93. The van der Waals surface area contributed by atoms with Gasteiger partial charge in [0.2, 0.25) is 5.91 Å². The molecule has 0 saturated carbocycles. The van der Waals surface area contributed by atoms with E-state index in [1.54, 1.807) is 17.2 Å². The molecule has 2 aliphatic rings. The van der Waals surface area contributed by atoms with E-state index in [0.29, 0.717) is 11.8 Å². The second-order valence-corrected chi connectivity index (χ2v) is 7.50. The van der Waals surface area contributed by atoms with Gasteiger partial charge in [-0.3, -0.25) is 4.79 Å². The van der Waals surface area contributed by atoms with Crippen molar-refractivity contribution >= 4 is 11.7 Å². The van der Waals surface area contributed by atoms with Crippen molar-refractivity contribution in [1.29, 1.82) is 0 Å². The molecule has 0 spiro atoms. The van der Waals surface area contributed by atoms with Crippen molar-refractivity contribution in [2.45, 2.75) is 32.6 Å². The zero-order valence-corrected chi connectivity index (χ0v) is 15.3. The zero-order valence-electron chi connectivity index (χ0n) is 15.3. The van der Waals surface area contributed by atoms with Crippen LogP contribution in [0.25, 0.3) is 5.82 Å². The van der Waals surface area contributed by atoms with Crippen LogP contribution >= 0.6 is 0 Å². The largest absolute Gasteiger partial charge is 0.356 e. The Hall–Kier alpha value is -2.44. The van der Waals surface area contributed by atoms with Crippen LogP contribution in [0.5, 0.6) is 0 Å². The highest BCUT2D eigenvalue weighted by atomic mass is 16.2. The molecule has 2 aliphatic heterocycles. The molecule has 1 amide bonds. The molecule has 0 aliphatic carbocycles. The fourth-order valence-electron chi connectivity index (χ4n) is 4.07. The van der Waals surface area contributed by atoms with Crippen LogP contribution in [0.4, 0.5) is 5.82 Å². The normalized spacial score (nSPS) is 23.9. The average molecular weight is 354 g/mol. The first kappa shape index (κ1) is 17.0. The third kappa shape index (κ3) is 3.57. The Morgan fingerprint density at radius 2 is 1.96 bits per heavy atom. The number of aromatic nitrogens is 4. The van der Waals surface area contributed by atoms with Gasteiger partial charge in [0.15, 0.2) is 5.82 Å². The number of hydrogen-bond donors (Lipinski definition) is 0. The molecule has 2 aromatic heterocycles. The van der Waals surface area contributed by atoms with Crippen molar-refractivity contribution in [3.63, 3.8) is 0 Å². The summed E-state index contributed by atoms with van der Waals surface area (Å²) < 4.78 is 1.73. The van der Waals surface area contributed by atoms with Crippen LogP contribution in [0.15, 0.2) is 30.9 Å². The Balaban J connectivity index is 1.47. The summed E-state index contributed by atoms with van der Waals surface area (Å²) in [6.45, 7) is 5.72. The number of nitrogens with zero attached hydrogens (tertiary/aromatic N) is 6. The molecule has 2 atom stereocenters. The van der Waals surface area contributed by atoms with Gasteiger partial charge in [0.05, 0.1) is 5.92 Å². The maximum atomic E-state index is 13.0. The second-order valence-electron chi connectivity index (χ2n) is 7.50. The minimum Gasteiger partial charge on any atom is -0.356 e. The lowest BCUT2D eigenvalue weighted by molar-refractivity contribution is -0.137. The molecule has 0 radical (unpaired) electrons. The standard InChI is InChI=1S/C19H26N6O/c1-15-5-2-9-24(12-15)19(26)16-6-3-8-23(13-16)17-11-18(21-14-20-17)25-10-4-7-22-25/h4,7,10-11,14-16H,2-3,5-6,8-9,12-13H2,1H3. The summed E-state index contributed by atoms with van der Waals surface area (Å²) in [6.07, 6.45) is 9.52. The molecule has 7 nitrogen and oxygen atoms in total. The predicted molar refractivity (Wildman–Crippen MR) is 99.1 cm³/mol. The SMILES string of the molecule is CC1CCCN(C(=O)C2CCCN(c3cc(-n4cccn4)ncn3)C2)C1. The maximum Gasteiger partial charge on any atom is 0.227 e. The van der Waals surface area contributed by atoms with Crippen molar-refractivity contribution in [2.24, 2.45) is 11.8 Å². The van der Waals surface area contributed by atoms with E-state index in [1.807, 2.05) is 18.3 Å². The first-order valence-electron chi connectivity index (χ1n) is 9.56. The quantitative estimate of drug-likeness (QED) is 0.845. The van der Waals surface area contributed by atoms with E-state index in [0.717, 1.165) is 57.1 Å². The number of rotatable bonds is 3. The molecule has 2 saturated heterocycles. The lowest BCUT2D eigenvalue weighted by Crippen LogP contribution is -2.47. The van der Waals surface area contributed by atoms with Crippen LogP contribution in [-0.2, 0) is 4.79 Å². The fraction of sp³-hybridized carbons (Fsp3) is 0.579. The van der Waals surface area contributed by atoms with E-state index in [4.69, 9.17) is 0 Å². The van der Waals surface area contributed by atoms with Crippen molar-refractivity contribution in [3.05, 3.63) is 30.9 Å². The number of piperidine rings is 2. The molecule has 2 unspecified atom stereocenters. The number of anilines is 1. The van der Waals surface area contributed by atoms with Gasteiger partial charge in [0.1, 0.15) is 12.1 Å². The van der Waals surface area contributed by atoms with Gasteiger partial charge in [-0.2, -0.15) is 5.10 Å². The Labute approximate surface area is 154 Å². The number of likely N-dealkylation sites (tertiary alicyclic amines) is 1. The molecule has 0 N–H and O–H groups in total. The molecule has 0 bridgehead atoms. The van der Waals surface area contributed by atoms with Crippen molar-refractivity contribution < 1.29 is 4.79 Å². The number of carbonyl (C=O) groups is 1. The second kappa shape index (κ2) is 7.43. The number of amides is 1.